The van der Waals surface area contributed by atoms with Gasteiger partial charge in [-0.1, -0.05) is 110 Å². The van der Waals surface area contributed by atoms with Gasteiger partial charge in [0.05, 0.1) is 41.1 Å². The number of ether oxygens (including phenoxy) is 1. The normalized spacial score (nSPS) is 11.7. The molecule has 0 fully saturated rings. The topological polar surface area (TPSA) is 133 Å². The fourth-order valence-electron chi connectivity index (χ4n) is 5.05. The zero-order valence-electron chi connectivity index (χ0n) is 29.2. The van der Waals surface area contributed by atoms with Crippen molar-refractivity contribution in [1.82, 2.24) is 0 Å². The highest BCUT2D eigenvalue weighted by Gasteiger charge is 2.15. The second-order valence-electron chi connectivity index (χ2n) is 12.4. The molecule has 5 rings (SSSR count). The Kier molecular flexibility index (Phi) is 15.3. The molecule has 5 aromatic rings. The number of rotatable bonds is 11. The summed E-state index contributed by atoms with van der Waals surface area (Å²) in [7, 11) is 1.63. The largest absolute Gasteiger partial charge is 0.497 e. The van der Waals surface area contributed by atoms with Gasteiger partial charge in [-0.05, 0) is 89.5 Å². The number of benzene rings is 5. The lowest BCUT2D eigenvalue weighted by Crippen LogP contribution is -2.07. The van der Waals surface area contributed by atoms with E-state index in [-0.39, 0.29) is 6.42 Å². The zero-order valence-corrected chi connectivity index (χ0v) is 30.7. The van der Waals surface area contributed by atoms with E-state index in [0.29, 0.717) is 32.9 Å². The van der Waals surface area contributed by atoms with Crippen molar-refractivity contribution in [2.24, 2.45) is 5.92 Å². The maximum Gasteiger partial charge on any atom is 0.310 e. The van der Waals surface area contributed by atoms with Gasteiger partial charge in [-0.15, -0.1) is 0 Å². The number of aliphatic carboxylic acids is 3. The van der Waals surface area contributed by atoms with Crippen molar-refractivity contribution in [3.8, 4) is 5.75 Å². The number of carboxylic acid groups (broad SMARTS) is 3. The van der Waals surface area contributed by atoms with Gasteiger partial charge in [0.2, 0.25) is 0 Å². The lowest BCUT2D eigenvalue weighted by molar-refractivity contribution is -0.139. The zero-order chi connectivity index (χ0) is 37.7. The van der Waals surface area contributed by atoms with Crippen molar-refractivity contribution in [2.45, 2.75) is 52.4 Å². The molecule has 0 spiro atoms. The van der Waals surface area contributed by atoms with Gasteiger partial charge in [0.1, 0.15) is 5.75 Å². The standard InChI is InChI=1S/C14H11Cl2NO2.C14H14O3.C13H18O2/c15-10-5-3-6-11(16)14(10)17-12-7-2-1-4-9(12)8-13(18)19;1-9(14(15)16)10-3-4-12-8-13(17-2)6-5-11(12)7-10;1-9(2)8-11-4-6-12(7-5-11)10(3)13(14)15/h1-7,17H,8H2,(H,18,19);3-9H,1-2H3,(H,15,16);4-7,9-10H,8H2,1-3H3,(H,14,15)/t;9-;/m.0./s1. The average molecular weight is 733 g/mol. The molecule has 4 N–H and O–H groups in total. The van der Waals surface area contributed by atoms with Crippen LogP contribution in [0, 0.1) is 5.92 Å². The molecule has 0 bridgehead atoms. The van der Waals surface area contributed by atoms with Crippen molar-refractivity contribution in [2.75, 3.05) is 12.4 Å². The van der Waals surface area contributed by atoms with E-state index in [9.17, 15) is 14.4 Å². The molecule has 268 valence electrons. The van der Waals surface area contributed by atoms with Gasteiger partial charge in [-0.2, -0.15) is 0 Å². The van der Waals surface area contributed by atoms with Crippen LogP contribution in [0.25, 0.3) is 10.8 Å². The number of halogens is 2. The fraction of sp³-hybridized carbons (Fsp3) is 0.244. The summed E-state index contributed by atoms with van der Waals surface area (Å²) in [5, 5.41) is 32.8. The van der Waals surface area contributed by atoms with Gasteiger partial charge >= 0.3 is 17.9 Å². The summed E-state index contributed by atoms with van der Waals surface area (Å²) < 4.78 is 5.14. The summed E-state index contributed by atoms with van der Waals surface area (Å²) in [6.45, 7) is 7.74. The Hall–Kier alpha value is -5.05. The smallest absolute Gasteiger partial charge is 0.310 e. The Bertz CT molecular complexity index is 1920. The van der Waals surface area contributed by atoms with Gasteiger partial charge in [0, 0.05) is 5.69 Å². The molecule has 0 aliphatic carbocycles. The van der Waals surface area contributed by atoms with E-state index >= 15 is 0 Å². The third kappa shape index (κ3) is 12.3. The first kappa shape index (κ1) is 40.4. The Morgan fingerprint density at radius 2 is 1.24 bits per heavy atom. The van der Waals surface area contributed by atoms with Gasteiger partial charge in [0.25, 0.3) is 0 Å². The van der Waals surface area contributed by atoms with E-state index < -0.39 is 29.7 Å². The Balaban J connectivity index is 0.000000208. The molecule has 0 aliphatic heterocycles. The number of para-hydroxylation sites is 2. The molecule has 0 aromatic heterocycles. The third-order valence-electron chi connectivity index (χ3n) is 8.02. The lowest BCUT2D eigenvalue weighted by Gasteiger charge is -2.13. The van der Waals surface area contributed by atoms with Gasteiger partial charge in [-0.3, -0.25) is 14.4 Å². The van der Waals surface area contributed by atoms with Crippen LogP contribution in [0.5, 0.6) is 5.75 Å². The maximum absolute atomic E-state index is 10.9. The van der Waals surface area contributed by atoms with E-state index in [2.05, 4.69) is 19.2 Å². The van der Waals surface area contributed by atoms with E-state index in [1.807, 2.05) is 66.7 Å². The molecule has 0 saturated carbocycles. The summed E-state index contributed by atoms with van der Waals surface area (Å²) >= 11 is 12.1. The van der Waals surface area contributed by atoms with E-state index in [4.69, 9.17) is 43.3 Å². The Morgan fingerprint density at radius 3 is 1.80 bits per heavy atom. The summed E-state index contributed by atoms with van der Waals surface area (Å²) in [5.74, 6) is -1.94. The number of carbonyl (C=O) groups is 3. The van der Waals surface area contributed by atoms with E-state index in [0.717, 1.165) is 34.1 Å². The molecule has 10 heteroatoms. The van der Waals surface area contributed by atoms with Crippen LogP contribution in [-0.4, -0.2) is 40.3 Å². The van der Waals surface area contributed by atoms with Crippen LogP contribution in [0.15, 0.2) is 103 Å². The number of fused-ring (bicyclic) bond motifs is 1. The molecule has 51 heavy (non-hydrogen) atoms. The predicted molar refractivity (Wildman–Crippen MR) is 205 cm³/mol. The molecule has 0 saturated heterocycles. The Labute approximate surface area is 308 Å². The van der Waals surface area contributed by atoms with Gasteiger partial charge in [-0.25, -0.2) is 0 Å². The SMILES string of the molecule is CC(C)Cc1ccc(C(C)C(=O)O)cc1.COc1ccc2cc([C@H](C)C(=O)O)ccc2c1.O=C(O)Cc1ccccc1Nc1c(Cl)cccc1Cl. The number of anilines is 2. The number of carboxylic acids is 3. The molecule has 5 aromatic carbocycles. The van der Waals surface area contributed by atoms with Crippen LogP contribution in [-0.2, 0) is 27.2 Å². The molecule has 1 unspecified atom stereocenters. The van der Waals surface area contributed by atoms with E-state index in [1.54, 1.807) is 57.4 Å². The highest BCUT2D eigenvalue weighted by atomic mass is 35.5. The first-order valence-electron chi connectivity index (χ1n) is 16.3. The molecule has 0 radical (unpaired) electrons. The second-order valence-corrected chi connectivity index (χ2v) is 13.2. The number of hydrogen-bond donors (Lipinski definition) is 4. The number of nitrogens with one attached hydrogen (secondary N) is 1. The van der Waals surface area contributed by atoms with Crippen LogP contribution < -0.4 is 10.1 Å². The highest BCUT2D eigenvalue weighted by Crippen LogP contribution is 2.33. The van der Waals surface area contributed by atoms with Crippen LogP contribution in [0.4, 0.5) is 11.4 Å². The number of hydrogen-bond acceptors (Lipinski definition) is 5. The van der Waals surface area contributed by atoms with Crippen LogP contribution >= 0.6 is 23.2 Å². The summed E-state index contributed by atoms with van der Waals surface area (Å²) in [5.41, 5.74) is 4.88. The molecule has 0 heterocycles. The third-order valence-corrected chi connectivity index (χ3v) is 8.65. The fourth-order valence-corrected chi connectivity index (χ4v) is 5.54. The molecular formula is C41H43Cl2NO7. The average Bonchev–Trinajstić information content (AvgIpc) is 3.10. The molecule has 8 nitrogen and oxygen atoms in total. The number of methoxy groups -OCH3 is 1. The predicted octanol–water partition coefficient (Wildman–Crippen LogP) is 10.5. The first-order chi connectivity index (χ1) is 24.2. The molecular weight excluding hydrogens is 689 g/mol. The summed E-state index contributed by atoms with van der Waals surface area (Å²) in [6, 6.07) is 31.6. The maximum atomic E-state index is 10.9. The minimum absolute atomic E-state index is 0.0642. The molecule has 0 amide bonds. The Morgan fingerprint density at radius 1 is 0.686 bits per heavy atom. The monoisotopic (exact) mass is 731 g/mol. The van der Waals surface area contributed by atoms with Gasteiger partial charge < -0.3 is 25.4 Å². The van der Waals surface area contributed by atoms with Crippen LogP contribution in [0.3, 0.4) is 0 Å². The molecule has 0 aliphatic rings. The van der Waals surface area contributed by atoms with Crippen LogP contribution in [0.1, 0.15) is 61.8 Å². The van der Waals surface area contributed by atoms with Crippen molar-refractivity contribution in [3.05, 3.63) is 135 Å². The van der Waals surface area contributed by atoms with Crippen molar-refractivity contribution >= 4 is 63.3 Å². The highest BCUT2D eigenvalue weighted by molar-refractivity contribution is 6.39. The van der Waals surface area contributed by atoms with Crippen LogP contribution in [0.2, 0.25) is 10.0 Å². The van der Waals surface area contributed by atoms with Crippen molar-refractivity contribution < 1.29 is 34.4 Å². The summed E-state index contributed by atoms with van der Waals surface area (Å²) in [6.07, 6.45) is 0.979. The minimum Gasteiger partial charge on any atom is -0.497 e. The van der Waals surface area contributed by atoms with Crippen molar-refractivity contribution in [3.63, 3.8) is 0 Å². The first-order valence-corrected chi connectivity index (χ1v) is 17.1. The van der Waals surface area contributed by atoms with Gasteiger partial charge in [0.15, 0.2) is 0 Å². The minimum atomic E-state index is -0.889. The van der Waals surface area contributed by atoms with Crippen molar-refractivity contribution in [1.29, 1.82) is 0 Å². The lowest BCUT2D eigenvalue weighted by atomic mass is 9.97. The quantitative estimate of drug-likeness (QED) is 0.105. The summed E-state index contributed by atoms with van der Waals surface area (Å²) in [4.78, 5) is 32.5. The molecule has 2 atom stereocenters. The van der Waals surface area contributed by atoms with E-state index in [1.165, 1.54) is 5.56 Å². The second kappa shape index (κ2) is 19.4.